The largest absolute Gasteiger partial charge is 0.478 e. The number of amides is 1. The Morgan fingerprint density at radius 1 is 1.16 bits per heavy atom. The molecule has 0 saturated heterocycles. The lowest BCUT2D eigenvalue weighted by Gasteiger charge is -2.37. The van der Waals surface area contributed by atoms with Crippen LogP contribution >= 0.6 is 22.7 Å². The number of thiazole rings is 1. The molecule has 7 heteroatoms. The van der Waals surface area contributed by atoms with E-state index in [4.69, 9.17) is 4.98 Å². The molecule has 4 aliphatic rings. The minimum atomic E-state index is -0.928. The molecule has 2 N–H and O–H groups in total. The number of carboxylic acid groups (broad SMARTS) is 1. The molecule has 2 heterocycles. The molecule has 1 saturated carbocycles. The molecule has 2 aromatic rings. The van der Waals surface area contributed by atoms with Crippen molar-refractivity contribution in [2.24, 2.45) is 17.3 Å². The predicted octanol–water partition coefficient (Wildman–Crippen LogP) is 5.83. The second-order valence-corrected chi connectivity index (χ2v) is 11.9. The SMILES string of the molecule is Cc1csc(-c2c(NC(=O)C3=C(C(=O)O)C4CCC3CC4)sc3c2CCC(C)(C)C3)n1. The lowest BCUT2D eigenvalue weighted by molar-refractivity contribution is -0.134. The van der Waals surface area contributed by atoms with Crippen molar-refractivity contribution in [3.05, 3.63) is 32.7 Å². The Kier molecular flexibility index (Phi) is 5.09. The van der Waals surface area contributed by atoms with Gasteiger partial charge in [0.1, 0.15) is 10.0 Å². The highest BCUT2D eigenvalue weighted by Crippen LogP contribution is 2.50. The van der Waals surface area contributed by atoms with E-state index in [0.717, 1.165) is 66.2 Å². The minimum absolute atomic E-state index is 0.0154. The minimum Gasteiger partial charge on any atom is -0.478 e. The molecule has 1 fully saturated rings. The van der Waals surface area contributed by atoms with Gasteiger partial charge in [0.25, 0.3) is 5.91 Å². The molecule has 0 atom stereocenters. The quantitative estimate of drug-likeness (QED) is 0.606. The van der Waals surface area contributed by atoms with E-state index in [1.54, 1.807) is 22.7 Å². The lowest BCUT2D eigenvalue weighted by atomic mass is 9.66. The van der Waals surface area contributed by atoms with E-state index in [1.165, 1.54) is 10.4 Å². The first-order chi connectivity index (χ1) is 14.7. The van der Waals surface area contributed by atoms with Gasteiger partial charge < -0.3 is 10.4 Å². The van der Waals surface area contributed by atoms with Crippen molar-refractivity contribution < 1.29 is 14.7 Å². The maximum Gasteiger partial charge on any atom is 0.332 e. The summed E-state index contributed by atoms with van der Waals surface area (Å²) < 4.78 is 0. The summed E-state index contributed by atoms with van der Waals surface area (Å²) in [5, 5.41) is 16.8. The lowest BCUT2D eigenvalue weighted by Crippen LogP contribution is -2.35. The summed E-state index contributed by atoms with van der Waals surface area (Å²) >= 11 is 3.27. The molecule has 0 spiro atoms. The summed E-state index contributed by atoms with van der Waals surface area (Å²) in [4.78, 5) is 31.5. The molecular formula is C24H28N2O3S2. The predicted molar refractivity (Wildman–Crippen MR) is 125 cm³/mol. The third-order valence-electron chi connectivity index (χ3n) is 7.15. The van der Waals surface area contributed by atoms with Crippen molar-refractivity contribution in [3.63, 3.8) is 0 Å². The molecule has 2 bridgehead atoms. The third kappa shape index (κ3) is 3.65. The molecule has 164 valence electrons. The zero-order valence-corrected chi connectivity index (χ0v) is 19.8. The van der Waals surface area contributed by atoms with Gasteiger partial charge in [0, 0.05) is 32.7 Å². The molecule has 0 aromatic carbocycles. The third-order valence-corrected chi connectivity index (χ3v) is 9.28. The first kappa shape index (κ1) is 20.9. The summed E-state index contributed by atoms with van der Waals surface area (Å²) in [7, 11) is 0. The van der Waals surface area contributed by atoms with Gasteiger partial charge in [-0.05, 0) is 74.7 Å². The highest BCUT2D eigenvalue weighted by atomic mass is 32.1. The zero-order chi connectivity index (χ0) is 21.9. The number of fused-ring (bicyclic) bond motifs is 3. The van der Waals surface area contributed by atoms with Crippen molar-refractivity contribution in [1.29, 1.82) is 0 Å². The number of nitrogens with zero attached hydrogens (tertiary/aromatic N) is 1. The van der Waals surface area contributed by atoms with Crippen LogP contribution in [0.4, 0.5) is 5.00 Å². The Morgan fingerprint density at radius 2 is 1.84 bits per heavy atom. The van der Waals surface area contributed by atoms with Crippen LogP contribution in [0.5, 0.6) is 0 Å². The normalized spacial score (nSPS) is 24.2. The molecule has 6 rings (SSSR count). The van der Waals surface area contributed by atoms with E-state index < -0.39 is 5.97 Å². The van der Waals surface area contributed by atoms with E-state index in [9.17, 15) is 14.7 Å². The molecular weight excluding hydrogens is 428 g/mol. The molecule has 1 amide bonds. The average Bonchev–Trinajstić information content (AvgIpc) is 3.29. The number of carbonyl (C=O) groups excluding carboxylic acids is 1. The second kappa shape index (κ2) is 7.55. The highest BCUT2D eigenvalue weighted by Gasteiger charge is 2.41. The average molecular weight is 457 g/mol. The molecule has 31 heavy (non-hydrogen) atoms. The van der Waals surface area contributed by atoms with Gasteiger partial charge in [-0.3, -0.25) is 4.79 Å². The van der Waals surface area contributed by atoms with Crippen LogP contribution in [0.1, 0.15) is 62.1 Å². The summed E-state index contributed by atoms with van der Waals surface area (Å²) in [6.45, 7) is 6.58. The number of nitrogens with one attached hydrogen (secondary N) is 1. The number of carboxylic acids is 1. The van der Waals surface area contributed by atoms with Crippen molar-refractivity contribution in [2.45, 2.75) is 65.7 Å². The number of carbonyl (C=O) groups is 2. The van der Waals surface area contributed by atoms with Crippen LogP contribution in [0.3, 0.4) is 0 Å². The summed E-state index contributed by atoms with van der Waals surface area (Å²) in [5.74, 6) is -1.07. The fourth-order valence-electron chi connectivity index (χ4n) is 5.57. The number of aliphatic carboxylic acids is 1. The van der Waals surface area contributed by atoms with Crippen molar-refractivity contribution in [2.75, 3.05) is 5.32 Å². The number of hydrogen-bond acceptors (Lipinski definition) is 5. The van der Waals surface area contributed by atoms with Gasteiger partial charge in [0.05, 0.1) is 0 Å². The van der Waals surface area contributed by atoms with Gasteiger partial charge >= 0.3 is 5.97 Å². The Labute approximate surface area is 190 Å². The topological polar surface area (TPSA) is 79.3 Å². The van der Waals surface area contributed by atoms with E-state index in [0.29, 0.717) is 11.1 Å². The Morgan fingerprint density at radius 3 is 2.45 bits per heavy atom. The van der Waals surface area contributed by atoms with E-state index in [-0.39, 0.29) is 23.2 Å². The second-order valence-electron chi connectivity index (χ2n) is 9.98. The fourth-order valence-corrected chi connectivity index (χ4v) is 8.01. The maximum absolute atomic E-state index is 13.5. The highest BCUT2D eigenvalue weighted by molar-refractivity contribution is 7.18. The van der Waals surface area contributed by atoms with Crippen LogP contribution < -0.4 is 5.32 Å². The first-order valence-electron chi connectivity index (χ1n) is 11.1. The summed E-state index contributed by atoms with van der Waals surface area (Å²) in [5.41, 5.74) is 4.47. The zero-order valence-electron chi connectivity index (χ0n) is 18.2. The van der Waals surface area contributed by atoms with Crippen LogP contribution in [0.25, 0.3) is 10.6 Å². The Bertz CT molecular complexity index is 1100. The summed E-state index contributed by atoms with van der Waals surface area (Å²) in [6, 6.07) is 0. The van der Waals surface area contributed by atoms with Gasteiger partial charge in [-0.1, -0.05) is 13.8 Å². The number of aryl methyl sites for hydroxylation is 1. The Balaban J connectivity index is 1.56. The van der Waals surface area contributed by atoms with Gasteiger partial charge in [-0.2, -0.15) is 0 Å². The van der Waals surface area contributed by atoms with Gasteiger partial charge in [-0.15, -0.1) is 22.7 Å². The monoisotopic (exact) mass is 456 g/mol. The smallest absolute Gasteiger partial charge is 0.332 e. The molecule has 0 aliphatic heterocycles. The van der Waals surface area contributed by atoms with Crippen LogP contribution in [0.2, 0.25) is 0 Å². The van der Waals surface area contributed by atoms with Gasteiger partial charge in [0.2, 0.25) is 0 Å². The maximum atomic E-state index is 13.5. The van der Waals surface area contributed by atoms with Gasteiger partial charge in [0.15, 0.2) is 0 Å². The molecule has 4 aliphatic carbocycles. The standard InChI is InChI=1S/C24H28N2O3S2/c1-12-11-30-21(25-12)19-15-8-9-24(2,3)10-16(15)31-22(19)26-20(27)17-13-4-6-14(7-5-13)18(17)23(28)29/h11,13-14H,4-10H2,1-3H3,(H,26,27)(H,28,29). The van der Waals surface area contributed by atoms with E-state index in [2.05, 4.69) is 19.2 Å². The number of aromatic nitrogens is 1. The van der Waals surface area contributed by atoms with Crippen molar-refractivity contribution in [3.8, 4) is 10.6 Å². The number of rotatable bonds is 4. The first-order valence-corrected chi connectivity index (χ1v) is 12.8. The van der Waals surface area contributed by atoms with Gasteiger partial charge in [-0.25, -0.2) is 9.78 Å². The van der Waals surface area contributed by atoms with Crippen molar-refractivity contribution in [1.82, 2.24) is 4.98 Å². The number of hydrogen-bond donors (Lipinski definition) is 2. The Hall–Kier alpha value is -1.99. The van der Waals surface area contributed by atoms with E-state index >= 15 is 0 Å². The molecule has 0 radical (unpaired) electrons. The molecule has 5 nitrogen and oxygen atoms in total. The fraction of sp³-hybridized carbons (Fsp3) is 0.542. The molecule has 2 aromatic heterocycles. The van der Waals surface area contributed by atoms with E-state index in [1.807, 2.05) is 12.3 Å². The van der Waals surface area contributed by atoms with Crippen molar-refractivity contribution >= 4 is 39.6 Å². The van der Waals surface area contributed by atoms with Crippen LogP contribution in [-0.4, -0.2) is 22.0 Å². The number of anilines is 1. The molecule has 0 unspecified atom stereocenters. The van der Waals surface area contributed by atoms with Crippen LogP contribution in [-0.2, 0) is 22.4 Å². The van der Waals surface area contributed by atoms with Crippen LogP contribution in [0.15, 0.2) is 16.5 Å². The van der Waals surface area contributed by atoms with Crippen LogP contribution in [0, 0.1) is 24.2 Å². The summed E-state index contributed by atoms with van der Waals surface area (Å²) in [6.07, 6.45) is 6.68. The number of thiophene rings is 1.